The van der Waals surface area contributed by atoms with Gasteiger partial charge in [-0.25, -0.2) is 13.1 Å². The molecule has 0 bridgehead atoms. The molecule has 1 heterocycles. The van der Waals surface area contributed by atoms with E-state index >= 15 is 0 Å². The number of sulfonamides is 1. The molecule has 0 saturated heterocycles. The molecule has 4 nitrogen and oxygen atoms in total. The lowest BCUT2D eigenvalue weighted by atomic mass is 10.1. The Kier molecular flexibility index (Phi) is 5.42. The van der Waals surface area contributed by atoms with Gasteiger partial charge in [-0.3, -0.25) is 0 Å². The van der Waals surface area contributed by atoms with Crippen LogP contribution in [0.1, 0.15) is 39.5 Å². The van der Waals surface area contributed by atoms with Crippen LogP contribution in [0.2, 0.25) is 0 Å². The van der Waals surface area contributed by atoms with Crippen LogP contribution in [0.25, 0.3) is 0 Å². The van der Waals surface area contributed by atoms with E-state index in [9.17, 15) is 8.42 Å². The third kappa shape index (κ3) is 4.65. The predicted octanol–water partition coefficient (Wildman–Crippen LogP) is 2.58. The molecule has 1 atom stereocenters. The molecule has 3 N–H and O–H groups in total. The van der Waals surface area contributed by atoms with Gasteiger partial charge in [-0.2, -0.15) is 0 Å². The van der Waals surface area contributed by atoms with Gasteiger partial charge < -0.3 is 5.73 Å². The normalized spacial score (nSPS) is 13.8. The second-order valence-corrected chi connectivity index (χ2v) is 7.07. The number of nitrogens with one attached hydrogen (secondary N) is 1. The molecule has 98 valence electrons. The Bertz CT molecular complexity index is 440. The predicted molar refractivity (Wildman–Crippen MR) is 72.7 cm³/mol. The van der Waals surface area contributed by atoms with Crippen LogP contribution >= 0.6 is 11.3 Å². The number of anilines is 1. The van der Waals surface area contributed by atoms with E-state index < -0.39 is 10.0 Å². The van der Waals surface area contributed by atoms with Crippen molar-refractivity contribution in [1.82, 2.24) is 4.72 Å². The SMILES string of the molecule is CCCCCC(C)NS(=O)(=O)c1cc(N)cs1. The van der Waals surface area contributed by atoms with Crippen molar-refractivity contribution in [2.75, 3.05) is 5.73 Å². The first-order valence-corrected chi connectivity index (χ1v) is 8.18. The number of nitrogens with two attached hydrogens (primary N) is 1. The molecule has 0 aromatic carbocycles. The van der Waals surface area contributed by atoms with Gasteiger partial charge in [0, 0.05) is 17.1 Å². The topological polar surface area (TPSA) is 72.2 Å². The van der Waals surface area contributed by atoms with Crippen molar-refractivity contribution in [3.63, 3.8) is 0 Å². The molecule has 1 unspecified atom stereocenters. The number of nitrogen functional groups attached to an aromatic ring is 1. The zero-order valence-electron chi connectivity index (χ0n) is 10.3. The van der Waals surface area contributed by atoms with Crippen LogP contribution in [0.5, 0.6) is 0 Å². The smallest absolute Gasteiger partial charge is 0.250 e. The van der Waals surface area contributed by atoms with E-state index in [2.05, 4.69) is 11.6 Å². The zero-order chi connectivity index (χ0) is 12.9. The summed E-state index contributed by atoms with van der Waals surface area (Å²) in [5, 5.41) is 1.64. The summed E-state index contributed by atoms with van der Waals surface area (Å²) in [6, 6.07) is 1.46. The Morgan fingerprint density at radius 3 is 2.71 bits per heavy atom. The lowest BCUT2D eigenvalue weighted by Crippen LogP contribution is -2.32. The maximum Gasteiger partial charge on any atom is 0.250 e. The molecule has 0 radical (unpaired) electrons. The van der Waals surface area contributed by atoms with Crippen LogP contribution in [0.4, 0.5) is 5.69 Å². The molecule has 0 aliphatic carbocycles. The summed E-state index contributed by atoms with van der Waals surface area (Å²) in [6.07, 6.45) is 4.19. The zero-order valence-corrected chi connectivity index (χ0v) is 11.9. The fourth-order valence-electron chi connectivity index (χ4n) is 1.55. The first-order valence-electron chi connectivity index (χ1n) is 5.82. The summed E-state index contributed by atoms with van der Waals surface area (Å²) in [5.41, 5.74) is 6.02. The summed E-state index contributed by atoms with van der Waals surface area (Å²) in [7, 11) is -3.39. The lowest BCUT2D eigenvalue weighted by Gasteiger charge is -2.12. The van der Waals surface area contributed by atoms with E-state index in [1.807, 2.05) is 6.92 Å². The number of hydrogen-bond donors (Lipinski definition) is 2. The standard InChI is InChI=1S/C11H20N2O2S2/c1-3-4-5-6-9(2)13-17(14,15)11-7-10(12)8-16-11/h7-9,13H,3-6,12H2,1-2H3. The molecule has 1 rings (SSSR count). The van der Waals surface area contributed by atoms with Crippen molar-refractivity contribution in [1.29, 1.82) is 0 Å². The third-order valence-electron chi connectivity index (χ3n) is 2.46. The van der Waals surface area contributed by atoms with E-state index in [-0.39, 0.29) is 10.3 Å². The highest BCUT2D eigenvalue weighted by atomic mass is 32.2. The molecule has 0 aliphatic heterocycles. The largest absolute Gasteiger partial charge is 0.398 e. The lowest BCUT2D eigenvalue weighted by molar-refractivity contribution is 0.528. The summed E-state index contributed by atoms with van der Waals surface area (Å²) < 4.78 is 26.8. The molecule has 0 fully saturated rings. The average Bonchev–Trinajstić information content (AvgIpc) is 2.65. The third-order valence-corrected chi connectivity index (χ3v) is 5.50. The van der Waals surface area contributed by atoms with Crippen molar-refractivity contribution in [3.05, 3.63) is 11.4 Å². The van der Waals surface area contributed by atoms with Crippen molar-refractivity contribution >= 4 is 27.0 Å². The van der Waals surface area contributed by atoms with E-state index in [0.717, 1.165) is 37.0 Å². The highest BCUT2D eigenvalue weighted by Crippen LogP contribution is 2.21. The molecule has 6 heteroatoms. The van der Waals surface area contributed by atoms with Gasteiger partial charge in [-0.1, -0.05) is 26.2 Å². The van der Waals surface area contributed by atoms with Crippen molar-refractivity contribution < 1.29 is 8.42 Å². The monoisotopic (exact) mass is 276 g/mol. The van der Waals surface area contributed by atoms with Gasteiger partial charge in [0.25, 0.3) is 0 Å². The number of rotatable bonds is 7. The van der Waals surface area contributed by atoms with Crippen molar-refractivity contribution in [3.8, 4) is 0 Å². The summed E-state index contributed by atoms with van der Waals surface area (Å²) >= 11 is 1.15. The van der Waals surface area contributed by atoms with Crippen LogP contribution in [0, 0.1) is 0 Å². The Morgan fingerprint density at radius 1 is 1.47 bits per heavy atom. The second-order valence-electron chi connectivity index (χ2n) is 4.22. The number of thiophene rings is 1. The molecule has 1 aromatic heterocycles. The van der Waals surface area contributed by atoms with Crippen LogP contribution in [0.15, 0.2) is 15.7 Å². The van der Waals surface area contributed by atoms with Crippen molar-refractivity contribution in [2.45, 2.75) is 49.8 Å². The van der Waals surface area contributed by atoms with Crippen molar-refractivity contribution in [2.24, 2.45) is 0 Å². The average molecular weight is 276 g/mol. The van der Waals surface area contributed by atoms with Gasteiger partial charge >= 0.3 is 0 Å². The Hall–Kier alpha value is -0.590. The quantitative estimate of drug-likeness (QED) is 0.752. The first-order chi connectivity index (χ1) is 7.95. The van der Waals surface area contributed by atoms with Gasteiger partial charge in [0.2, 0.25) is 10.0 Å². The molecule has 0 saturated carbocycles. The molecule has 17 heavy (non-hydrogen) atoms. The number of unbranched alkanes of at least 4 members (excludes halogenated alkanes) is 2. The van der Waals surface area contributed by atoms with Gasteiger partial charge in [0.15, 0.2) is 0 Å². The fourth-order valence-corrected chi connectivity index (χ4v) is 3.93. The maximum atomic E-state index is 11.9. The van der Waals surface area contributed by atoms with Gasteiger partial charge in [-0.05, 0) is 19.4 Å². The van der Waals surface area contributed by atoms with E-state index in [4.69, 9.17) is 5.73 Å². The molecule has 0 amide bonds. The maximum absolute atomic E-state index is 11.9. The molecule has 0 spiro atoms. The molecular weight excluding hydrogens is 256 g/mol. The summed E-state index contributed by atoms with van der Waals surface area (Å²) in [5.74, 6) is 0. The Balaban J connectivity index is 2.55. The van der Waals surface area contributed by atoms with E-state index in [1.54, 1.807) is 5.38 Å². The van der Waals surface area contributed by atoms with Crippen LogP contribution in [-0.4, -0.2) is 14.5 Å². The second kappa shape index (κ2) is 6.37. The first kappa shape index (κ1) is 14.5. The van der Waals surface area contributed by atoms with Crippen LogP contribution in [0.3, 0.4) is 0 Å². The molecular formula is C11H20N2O2S2. The molecule has 0 aliphatic rings. The summed E-state index contributed by atoms with van der Waals surface area (Å²) in [6.45, 7) is 4.02. The Labute approximate surface area is 107 Å². The van der Waals surface area contributed by atoms with E-state index in [0.29, 0.717) is 5.69 Å². The Morgan fingerprint density at radius 2 is 2.18 bits per heavy atom. The summed E-state index contributed by atoms with van der Waals surface area (Å²) in [4.78, 5) is 0. The van der Waals surface area contributed by atoms with Gasteiger partial charge in [-0.15, -0.1) is 11.3 Å². The van der Waals surface area contributed by atoms with Crippen LogP contribution in [-0.2, 0) is 10.0 Å². The highest BCUT2D eigenvalue weighted by molar-refractivity contribution is 7.91. The minimum atomic E-state index is -3.39. The molecule has 1 aromatic rings. The van der Waals surface area contributed by atoms with Gasteiger partial charge in [0.05, 0.1) is 0 Å². The fraction of sp³-hybridized carbons (Fsp3) is 0.636. The van der Waals surface area contributed by atoms with Gasteiger partial charge in [0.1, 0.15) is 4.21 Å². The van der Waals surface area contributed by atoms with Crippen LogP contribution < -0.4 is 10.5 Å². The van der Waals surface area contributed by atoms with E-state index in [1.165, 1.54) is 6.07 Å². The minimum Gasteiger partial charge on any atom is -0.398 e. The highest BCUT2D eigenvalue weighted by Gasteiger charge is 2.18. The number of hydrogen-bond acceptors (Lipinski definition) is 4. The minimum absolute atomic E-state index is 0.0325.